The molecule has 0 amide bonds. The number of carbonyl (C=O) groups is 2. The highest BCUT2D eigenvalue weighted by molar-refractivity contribution is 5.89. The third-order valence-electron chi connectivity index (χ3n) is 5.07. The Hall–Kier alpha value is -1.79. The van der Waals surface area contributed by atoms with Crippen LogP contribution in [0.4, 0.5) is 0 Å². The van der Waals surface area contributed by atoms with Gasteiger partial charge in [0.1, 0.15) is 0 Å². The van der Waals surface area contributed by atoms with Gasteiger partial charge in [0.15, 0.2) is 23.4 Å². The second-order valence-electron chi connectivity index (χ2n) is 6.51. The minimum atomic E-state index is -0.499. The number of rotatable bonds is 6. The van der Waals surface area contributed by atoms with Gasteiger partial charge < -0.3 is 19.9 Å². The zero-order chi connectivity index (χ0) is 17.3. The van der Waals surface area contributed by atoms with E-state index in [0.717, 1.165) is 24.8 Å². The lowest BCUT2D eigenvalue weighted by Gasteiger charge is -2.23. The molecule has 0 saturated heterocycles. The Morgan fingerprint density at radius 1 is 1.28 bits per heavy atom. The molecule has 25 heavy (non-hydrogen) atoms. The summed E-state index contributed by atoms with van der Waals surface area (Å²) in [7, 11) is 2.89. The average molecular weight is 370 g/mol. The fourth-order valence-electron chi connectivity index (χ4n) is 3.70. The van der Waals surface area contributed by atoms with Gasteiger partial charge in [-0.3, -0.25) is 9.59 Å². The number of hydrogen-bond donors (Lipinski definition) is 1. The molecule has 4 unspecified atom stereocenters. The standard InChI is InChI=1S/C18H23NO5.ClH/c1-22-14-6-5-10(13(19)9-16(20)23-2)8-15(14)24-18-12-4-3-11(7-12)17(18)21;/h5-6,8,11-13,18H,3-4,7,9,19H2,1-2H3;1H. The van der Waals surface area contributed by atoms with E-state index >= 15 is 0 Å². The van der Waals surface area contributed by atoms with Crippen LogP contribution in [0.1, 0.15) is 37.3 Å². The Morgan fingerprint density at radius 3 is 2.64 bits per heavy atom. The van der Waals surface area contributed by atoms with Gasteiger partial charge in [0, 0.05) is 17.9 Å². The van der Waals surface area contributed by atoms with E-state index in [2.05, 4.69) is 4.74 Å². The summed E-state index contributed by atoms with van der Waals surface area (Å²) in [4.78, 5) is 23.7. The predicted octanol–water partition coefficient (Wildman–Crippen LogP) is 2.43. The Labute approximate surface area is 153 Å². The summed E-state index contributed by atoms with van der Waals surface area (Å²) in [5, 5.41) is 0. The van der Waals surface area contributed by atoms with Crippen molar-refractivity contribution in [2.45, 2.75) is 37.8 Å². The highest BCUT2D eigenvalue weighted by Gasteiger charge is 2.48. The van der Waals surface area contributed by atoms with Crippen molar-refractivity contribution in [3.63, 3.8) is 0 Å². The van der Waals surface area contributed by atoms with E-state index in [9.17, 15) is 9.59 Å². The molecule has 1 aromatic carbocycles. The maximum Gasteiger partial charge on any atom is 0.307 e. The van der Waals surface area contributed by atoms with Gasteiger partial charge >= 0.3 is 5.97 Å². The lowest BCUT2D eigenvalue weighted by Crippen LogP contribution is -2.33. The number of methoxy groups -OCH3 is 2. The Morgan fingerprint density at radius 2 is 2.04 bits per heavy atom. The van der Waals surface area contributed by atoms with E-state index in [0.29, 0.717) is 17.4 Å². The van der Waals surface area contributed by atoms with Crippen molar-refractivity contribution in [1.29, 1.82) is 0 Å². The maximum atomic E-state index is 12.3. The molecule has 0 aliphatic heterocycles. The lowest BCUT2D eigenvalue weighted by atomic mass is 9.96. The second-order valence-corrected chi connectivity index (χ2v) is 6.51. The highest BCUT2D eigenvalue weighted by Crippen LogP contribution is 2.45. The minimum Gasteiger partial charge on any atom is -0.493 e. The third-order valence-corrected chi connectivity index (χ3v) is 5.07. The van der Waals surface area contributed by atoms with Gasteiger partial charge in [0.05, 0.1) is 20.6 Å². The summed E-state index contributed by atoms with van der Waals surface area (Å²) in [5.74, 6) is 1.32. The Balaban J connectivity index is 0.00000225. The summed E-state index contributed by atoms with van der Waals surface area (Å²) < 4.78 is 16.0. The van der Waals surface area contributed by atoms with Crippen LogP contribution in [0, 0.1) is 11.8 Å². The van der Waals surface area contributed by atoms with Crippen LogP contribution < -0.4 is 15.2 Å². The molecule has 0 radical (unpaired) electrons. The number of ether oxygens (including phenoxy) is 3. The molecule has 6 nitrogen and oxygen atoms in total. The molecule has 2 aliphatic rings. The van der Waals surface area contributed by atoms with Gasteiger partial charge in [0.2, 0.25) is 0 Å². The molecular weight excluding hydrogens is 346 g/mol. The van der Waals surface area contributed by atoms with Crippen LogP contribution in [0.5, 0.6) is 11.5 Å². The molecule has 4 atom stereocenters. The van der Waals surface area contributed by atoms with Gasteiger partial charge in [-0.1, -0.05) is 6.07 Å². The van der Waals surface area contributed by atoms with Crippen molar-refractivity contribution in [2.75, 3.05) is 14.2 Å². The van der Waals surface area contributed by atoms with Crippen LogP contribution in [0.3, 0.4) is 0 Å². The van der Waals surface area contributed by atoms with Crippen LogP contribution in [0.2, 0.25) is 0 Å². The molecule has 1 aromatic rings. The van der Waals surface area contributed by atoms with E-state index in [1.807, 2.05) is 0 Å². The Bertz CT molecular complexity index is 650. The number of hydrogen-bond acceptors (Lipinski definition) is 6. The fourth-order valence-corrected chi connectivity index (χ4v) is 3.70. The number of esters is 1. The summed E-state index contributed by atoms with van der Waals surface area (Å²) >= 11 is 0. The first-order chi connectivity index (χ1) is 11.5. The van der Waals surface area contributed by atoms with Crippen molar-refractivity contribution in [1.82, 2.24) is 0 Å². The first-order valence-corrected chi connectivity index (χ1v) is 8.24. The summed E-state index contributed by atoms with van der Waals surface area (Å²) in [6.07, 6.45) is 2.61. The highest BCUT2D eigenvalue weighted by atomic mass is 35.5. The van der Waals surface area contributed by atoms with E-state index in [-0.39, 0.29) is 36.5 Å². The van der Waals surface area contributed by atoms with Crippen LogP contribution in [-0.2, 0) is 14.3 Å². The number of benzene rings is 1. The van der Waals surface area contributed by atoms with E-state index < -0.39 is 12.1 Å². The van der Waals surface area contributed by atoms with Crippen molar-refractivity contribution in [2.24, 2.45) is 17.6 Å². The molecule has 3 rings (SSSR count). The number of carbonyl (C=O) groups excluding carboxylic acids is 2. The number of Topliss-reactive ketones (excluding diaryl/α,β-unsaturated/α-hetero) is 1. The SMILES string of the molecule is COC(=O)CC(N)c1ccc(OC)c(OC2C(=O)C3CCC2C3)c1.Cl. The molecule has 2 saturated carbocycles. The first-order valence-electron chi connectivity index (χ1n) is 8.24. The van der Waals surface area contributed by atoms with Gasteiger partial charge in [-0.2, -0.15) is 0 Å². The zero-order valence-corrected chi connectivity index (χ0v) is 15.2. The van der Waals surface area contributed by atoms with Crippen molar-refractivity contribution in [3.05, 3.63) is 23.8 Å². The van der Waals surface area contributed by atoms with Gasteiger partial charge in [0.25, 0.3) is 0 Å². The fraction of sp³-hybridized carbons (Fsp3) is 0.556. The molecule has 2 bridgehead atoms. The quantitative estimate of drug-likeness (QED) is 0.775. The molecule has 138 valence electrons. The predicted molar refractivity (Wildman–Crippen MR) is 94.1 cm³/mol. The molecular formula is C18H24ClNO5. The topological polar surface area (TPSA) is 87.8 Å². The molecule has 0 heterocycles. The molecule has 2 aliphatic carbocycles. The summed E-state index contributed by atoms with van der Waals surface area (Å²) in [6, 6.07) is 4.80. The maximum absolute atomic E-state index is 12.3. The van der Waals surface area contributed by atoms with E-state index in [1.54, 1.807) is 25.3 Å². The summed E-state index contributed by atoms with van der Waals surface area (Å²) in [6.45, 7) is 0. The largest absolute Gasteiger partial charge is 0.493 e. The number of nitrogens with two attached hydrogens (primary N) is 1. The zero-order valence-electron chi connectivity index (χ0n) is 14.4. The van der Waals surface area contributed by atoms with Gasteiger partial charge in [-0.05, 0) is 37.0 Å². The normalized spacial score (nSPS) is 25.2. The molecule has 0 spiro atoms. The summed E-state index contributed by atoms with van der Waals surface area (Å²) in [5.41, 5.74) is 6.81. The number of ketones is 1. The van der Waals surface area contributed by atoms with Crippen LogP contribution in [-0.4, -0.2) is 32.1 Å². The average Bonchev–Trinajstić information content (AvgIpc) is 3.17. The number of halogens is 1. The van der Waals surface area contributed by atoms with Gasteiger partial charge in [-0.15, -0.1) is 12.4 Å². The monoisotopic (exact) mass is 369 g/mol. The van der Waals surface area contributed by atoms with Crippen molar-refractivity contribution < 1.29 is 23.8 Å². The lowest BCUT2D eigenvalue weighted by molar-refractivity contribution is -0.141. The Kier molecular flexibility index (Phi) is 6.30. The van der Waals surface area contributed by atoms with Crippen molar-refractivity contribution >= 4 is 24.2 Å². The molecule has 7 heteroatoms. The van der Waals surface area contributed by atoms with Gasteiger partial charge in [-0.25, -0.2) is 0 Å². The number of fused-ring (bicyclic) bond motifs is 2. The smallest absolute Gasteiger partial charge is 0.307 e. The van der Waals surface area contributed by atoms with Crippen LogP contribution in [0.25, 0.3) is 0 Å². The first kappa shape index (κ1) is 19.5. The minimum absolute atomic E-state index is 0. The molecule has 2 fully saturated rings. The molecule has 2 N–H and O–H groups in total. The second kappa shape index (κ2) is 8.06. The van der Waals surface area contributed by atoms with Crippen molar-refractivity contribution in [3.8, 4) is 11.5 Å². The van der Waals surface area contributed by atoms with Crippen LogP contribution in [0.15, 0.2) is 18.2 Å². The van der Waals surface area contributed by atoms with Crippen LogP contribution >= 0.6 is 12.4 Å². The third kappa shape index (κ3) is 3.90. The van der Waals surface area contributed by atoms with E-state index in [4.69, 9.17) is 15.2 Å². The van der Waals surface area contributed by atoms with E-state index in [1.165, 1.54) is 7.11 Å². The molecule has 0 aromatic heterocycles.